The van der Waals surface area contributed by atoms with E-state index in [1.807, 2.05) is 17.2 Å². The molecule has 1 unspecified atom stereocenters. The molecular formula is C33H31ClN8O4. The molecule has 5 aromatic rings. The molecule has 0 radical (unpaired) electrons. The Morgan fingerprint density at radius 1 is 1.02 bits per heavy atom. The summed E-state index contributed by atoms with van der Waals surface area (Å²) < 4.78 is 4.14. The lowest BCUT2D eigenvalue weighted by Gasteiger charge is -2.27. The van der Waals surface area contributed by atoms with Gasteiger partial charge in [-0.15, -0.1) is 5.10 Å². The van der Waals surface area contributed by atoms with E-state index >= 15 is 0 Å². The van der Waals surface area contributed by atoms with Crippen molar-refractivity contribution in [2.75, 3.05) is 13.1 Å². The molecule has 1 saturated heterocycles. The van der Waals surface area contributed by atoms with Crippen LogP contribution in [0.15, 0.2) is 79.5 Å². The van der Waals surface area contributed by atoms with Crippen molar-refractivity contribution in [1.29, 1.82) is 0 Å². The molecule has 1 amide bonds. The van der Waals surface area contributed by atoms with E-state index in [2.05, 4.69) is 20.6 Å². The highest BCUT2D eigenvalue weighted by Gasteiger charge is 2.47. The van der Waals surface area contributed by atoms with E-state index in [1.165, 1.54) is 17.2 Å². The predicted octanol–water partition coefficient (Wildman–Crippen LogP) is 4.81. The number of carboxylic acid groups (broad SMARTS) is 1. The highest BCUT2D eigenvalue weighted by atomic mass is 35.5. The molecule has 3 atom stereocenters. The summed E-state index contributed by atoms with van der Waals surface area (Å²) in [7, 11) is 0. The number of hydrogen-bond donors (Lipinski definition) is 1. The number of tetrazole rings is 1. The summed E-state index contributed by atoms with van der Waals surface area (Å²) in [5.74, 6) is -0.707. The van der Waals surface area contributed by atoms with Gasteiger partial charge in [-0.05, 0) is 90.4 Å². The van der Waals surface area contributed by atoms with Crippen LogP contribution in [0.3, 0.4) is 0 Å². The van der Waals surface area contributed by atoms with E-state index in [-0.39, 0.29) is 23.3 Å². The average Bonchev–Trinajstić information content (AvgIpc) is 3.40. The smallest absolute Gasteiger partial charge is 0.335 e. The number of aromatic carboxylic acids is 1. The van der Waals surface area contributed by atoms with Gasteiger partial charge in [-0.3, -0.25) is 9.48 Å². The van der Waals surface area contributed by atoms with Crippen LogP contribution in [-0.2, 0) is 4.79 Å². The number of rotatable bonds is 9. The topological polar surface area (TPSA) is 146 Å². The standard InChI is InChI=1S/C33H31ClN8O4/c34-26-9-11-29(41-20-35-37-38-41)27(16-26)23-8-10-30(42(46)19-23)31(15-24-14-28(24)32(43)39-12-2-1-3-13-39)40-18-25(17-36-40)21-4-6-22(7-5-21)33(44)45/h4-11,16-20,24,28,31H,1-3,12-15H2,(H,44,45)/t24-,28+,31?/m0/s1. The van der Waals surface area contributed by atoms with Gasteiger partial charge in [0.15, 0.2) is 6.20 Å². The van der Waals surface area contributed by atoms with Crippen LogP contribution in [0.5, 0.6) is 0 Å². The highest BCUT2D eigenvalue weighted by molar-refractivity contribution is 6.31. The number of piperidine rings is 1. The van der Waals surface area contributed by atoms with Crippen LogP contribution >= 0.6 is 11.6 Å². The number of benzene rings is 2. The number of nitrogens with zero attached hydrogens (tertiary/aromatic N) is 8. The van der Waals surface area contributed by atoms with Crippen molar-refractivity contribution < 1.29 is 19.4 Å². The molecule has 46 heavy (non-hydrogen) atoms. The summed E-state index contributed by atoms with van der Waals surface area (Å²) in [5.41, 5.74) is 4.27. The number of aromatic nitrogens is 7. The fraction of sp³-hybridized carbons (Fsp3) is 0.303. The number of halogens is 1. The zero-order chi connectivity index (χ0) is 31.8. The molecule has 234 valence electrons. The second kappa shape index (κ2) is 12.4. The molecule has 2 aliphatic rings. The fourth-order valence-corrected chi connectivity index (χ4v) is 6.57. The van der Waals surface area contributed by atoms with Crippen molar-refractivity contribution in [3.63, 3.8) is 0 Å². The van der Waals surface area contributed by atoms with Gasteiger partial charge in [0.1, 0.15) is 12.4 Å². The first-order chi connectivity index (χ1) is 22.4. The van der Waals surface area contributed by atoms with E-state index < -0.39 is 12.0 Å². The van der Waals surface area contributed by atoms with Crippen LogP contribution in [0.25, 0.3) is 27.9 Å². The number of likely N-dealkylation sites (tertiary alicyclic amines) is 1. The van der Waals surface area contributed by atoms with E-state index in [1.54, 1.807) is 59.4 Å². The second-order valence-corrected chi connectivity index (χ2v) is 12.4. The first-order valence-electron chi connectivity index (χ1n) is 15.3. The van der Waals surface area contributed by atoms with Crippen molar-refractivity contribution in [2.24, 2.45) is 11.8 Å². The maximum Gasteiger partial charge on any atom is 0.335 e. The minimum atomic E-state index is -0.994. The molecule has 1 N–H and O–H groups in total. The number of hydrogen-bond acceptors (Lipinski definition) is 7. The fourth-order valence-electron chi connectivity index (χ4n) is 6.39. The van der Waals surface area contributed by atoms with Gasteiger partial charge < -0.3 is 15.2 Å². The van der Waals surface area contributed by atoms with E-state index in [0.29, 0.717) is 34.0 Å². The first kappa shape index (κ1) is 29.6. The van der Waals surface area contributed by atoms with Gasteiger partial charge in [-0.1, -0.05) is 23.7 Å². The minimum Gasteiger partial charge on any atom is -0.618 e. The molecule has 4 heterocycles. The number of carboxylic acids is 1. The summed E-state index contributed by atoms with van der Waals surface area (Å²) in [4.78, 5) is 26.6. The van der Waals surface area contributed by atoms with Crippen molar-refractivity contribution in [2.45, 2.75) is 38.1 Å². The quantitative estimate of drug-likeness (QED) is 0.179. The maximum absolute atomic E-state index is 13.8. The Hall–Kier alpha value is -5.10. The summed E-state index contributed by atoms with van der Waals surface area (Å²) in [6.45, 7) is 1.62. The van der Waals surface area contributed by atoms with E-state index in [9.17, 15) is 19.9 Å². The lowest BCUT2D eigenvalue weighted by molar-refractivity contribution is -0.615. The SMILES string of the molecule is O=C(O)c1ccc(-c2cnn(C(C[C@@H]3C[C@H]3C(=O)N3CCCCC3)c3ccc(-c4cc(Cl)ccc4-n4cnnn4)c[n+]3[O-])c2)cc1. The molecule has 2 fully saturated rings. The predicted molar refractivity (Wildman–Crippen MR) is 168 cm³/mol. The normalized spacial score (nSPS) is 18.3. The zero-order valence-corrected chi connectivity index (χ0v) is 25.6. The molecule has 1 saturated carbocycles. The summed E-state index contributed by atoms with van der Waals surface area (Å²) in [5, 5.41) is 39.7. The van der Waals surface area contributed by atoms with Crippen LogP contribution in [0.2, 0.25) is 5.02 Å². The van der Waals surface area contributed by atoms with Crippen LogP contribution in [0.4, 0.5) is 0 Å². The van der Waals surface area contributed by atoms with Crippen LogP contribution in [-0.4, -0.2) is 65.0 Å². The van der Waals surface area contributed by atoms with Gasteiger partial charge in [0.05, 0.1) is 17.4 Å². The van der Waals surface area contributed by atoms with Crippen molar-refractivity contribution >= 4 is 23.5 Å². The van der Waals surface area contributed by atoms with Gasteiger partial charge in [0.2, 0.25) is 11.6 Å². The lowest BCUT2D eigenvalue weighted by atomic mass is 10.0. The summed E-state index contributed by atoms with van der Waals surface area (Å²) >= 11 is 6.35. The third-order valence-corrected chi connectivity index (χ3v) is 9.21. The Labute approximate surface area is 269 Å². The second-order valence-electron chi connectivity index (χ2n) is 11.9. The Bertz CT molecular complexity index is 1890. The van der Waals surface area contributed by atoms with Crippen molar-refractivity contribution in [3.05, 3.63) is 101 Å². The van der Waals surface area contributed by atoms with Crippen LogP contribution < -0.4 is 4.73 Å². The molecule has 7 rings (SSSR count). The molecular weight excluding hydrogens is 608 g/mol. The molecule has 3 aromatic heterocycles. The van der Waals surface area contributed by atoms with Crippen LogP contribution in [0.1, 0.15) is 54.2 Å². The Kier molecular flexibility index (Phi) is 7.95. The van der Waals surface area contributed by atoms with E-state index in [0.717, 1.165) is 54.6 Å². The molecule has 13 heteroatoms. The zero-order valence-electron chi connectivity index (χ0n) is 24.8. The molecule has 2 aromatic carbocycles. The number of pyridine rings is 1. The number of amides is 1. The molecule has 1 aliphatic heterocycles. The van der Waals surface area contributed by atoms with Gasteiger partial charge in [0.25, 0.3) is 0 Å². The Morgan fingerprint density at radius 3 is 2.52 bits per heavy atom. The largest absolute Gasteiger partial charge is 0.618 e. The Morgan fingerprint density at radius 2 is 1.80 bits per heavy atom. The third kappa shape index (κ3) is 5.95. The molecule has 1 aliphatic carbocycles. The van der Waals surface area contributed by atoms with Crippen LogP contribution in [0, 0.1) is 17.0 Å². The van der Waals surface area contributed by atoms with Gasteiger partial charge in [0, 0.05) is 53.0 Å². The maximum atomic E-state index is 13.8. The van der Waals surface area contributed by atoms with E-state index in [4.69, 9.17) is 11.6 Å². The monoisotopic (exact) mass is 638 g/mol. The van der Waals surface area contributed by atoms with Crippen molar-refractivity contribution in [3.8, 4) is 27.9 Å². The van der Waals surface area contributed by atoms with Crippen molar-refractivity contribution in [1.82, 2.24) is 34.9 Å². The van der Waals surface area contributed by atoms with Gasteiger partial charge in [-0.25, -0.2) is 4.79 Å². The van der Waals surface area contributed by atoms with Gasteiger partial charge >= 0.3 is 5.97 Å². The molecule has 0 spiro atoms. The summed E-state index contributed by atoms with van der Waals surface area (Å²) in [6.07, 6.45) is 11.2. The van der Waals surface area contributed by atoms with Gasteiger partial charge in [-0.2, -0.15) is 14.5 Å². The highest BCUT2D eigenvalue weighted by Crippen LogP contribution is 2.46. The summed E-state index contributed by atoms with van der Waals surface area (Å²) in [6, 6.07) is 15.1. The third-order valence-electron chi connectivity index (χ3n) is 8.97. The Balaban J connectivity index is 1.21. The average molecular weight is 639 g/mol. The number of carbonyl (C=O) groups is 2. The minimum absolute atomic E-state index is 0.0520. The lowest BCUT2D eigenvalue weighted by Crippen LogP contribution is -2.37. The first-order valence-corrected chi connectivity index (χ1v) is 15.7. The molecule has 0 bridgehead atoms. The number of carbonyl (C=O) groups excluding carboxylic acids is 1. The molecule has 12 nitrogen and oxygen atoms in total.